The molecule has 19 heavy (non-hydrogen) atoms. The first kappa shape index (κ1) is 13.0. The summed E-state index contributed by atoms with van der Waals surface area (Å²) in [5, 5.41) is 9.42. The Kier molecular flexibility index (Phi) is 3.77. The Labute approximate surface area is 111 Å². The Balaban J connectivity index is 2.23. The van der Waals surface area contributed by atoms with E-state index in [1.54, 1.807) is 43.6 Å². The van der Waals surface area contributed by atoms with Crippen molar-refractivity contribution in [2.75, 3.05) is 11.9 Å². The molecule has 3 N–H and O–H groups in total. The standard InChI is InChI=1S/C14H15N3O2/c1-17(11-3-2-4-12(18)7-11)14(19)13-6-5-10(8-15)9-16-13/h2-7,9,18H,8,15H2,1H3. The predicted molar refractivity (Wildman–Crippen MR) is 73.0 cm³/mol. The number of benzene rings is 1. The Morgan fingerprint density at radius 1 is 1.37 bits per heavy atom. The lowest BCUT2D eigenvalue weighted by Crippen LogP contribution is -2.27. The number of amides is 1. The van der Waals surface area contributed by atoms with Crippen LogP contribution in [0.2, 0.25) is 0 Å². The van der Waals surface area contributed by atoms with Gasteiger partial charge in [-0.3, -0.25) is 9.78 Å². The minimum absolute atomic E-state index is 0.114. The second-order valence-electron chi connectivity index (χ2n) is 4.14. The average Bonchev–Trinajstić information content (AvgIpc) is 2.46. The summed E-state index contributed by atoms with van der Waals surface area (Å²) in [4.78, 5) is 17.7. The van der Waals surface area contributed by atoms with E-state index in [0.29, 0.717) is 17.9 Å². The van der Waals surface area contributed by atoms with Gasteiger partial charge in [0, 0.05) is 31.5 Å². The topological polar surface area (TPSA) is 79.5 Å². The second-order valence-corrected chi connectivity index (χ2v) is 4.14. The number of rotatable bonds is 3. The van der Waals surface area contributed by atoms with Gasteiger partial charge in [0.15, 0.2) is 0 Å². The second kappa shape index (κ2) is 5.49. The largest absolute Gasteiger partial charge is 0.508 e. The van der Waals surface area contributed by atoms with Gasteiger partial charge in [0.1, 0.15) is 11.4 Å². The molecular weight excluding hydrogens is 242 g/mol. The van der Waals surface area contributed by atoms with Crippen LogP contribution >= 0.6 is 0 Å². The van der Waals surface area contributed by atoms with Crippen LogP contribution in [0.1, 0.15) is 16.1 Å². The maximum atomic E-state index is 12.2. The molecule has 98 valence electrons. The van der Waals surface area contributed by atoms with E-state index in [1.807, 2.05) is 0 Å². The summed E-state index contributed by atoms with van der Waals surface area (Å²) in [6.07, 6.45) is 1.59. The highest BCUT2D eigenvalue weighted by Gasteiger charge is 2.14. The van der Waals surface area contributed by atoms with E-state index < -0.39 is 0 Å². The number of phenolic OH excluding ortho intramolecular Hbond substituents is 1. The summed E-state index contributed by atoms with van der Waals surface area (Å²) in [7, 11) is 1.63. The molecular formula is C14H15N3O2. The van der Waals surface area contributed by atoms with Gasteiger partial charge in [-0.05, 0) is 23.8 Å². The molecule has 0 saturated heterocycles. The van der Waals surface area contributed by atoms with Crippen LogP contribution in [0.25, 0.3) is 0 Å². The SMILES string of the molecule is CN(C(=O)c1ccc(CN)cn1)c1cccc(O)c1. The van der Waals surface area contributed by atoms with Gasteiger partial charge in [0.05, 0.1) is 0 Å². The molecule has 0 unspecified atom stereocenters. The summed E-state index contributed by atoms with van der Waals surface area (Å²) in [6, 6.07) is 9.91. The van der Waals surface area contributed by atoms with E-state index in [4.69, 9.17) is 5.73 Å². The summed E-state index contributed by atoms with van der Waals surface area (Å²) in [5.41, 5.74) is 7.29. The number of nitrogens with two attached hydrogens (primary N) is 1. The lowest BCUT2D eigenvalue weighted by molar-refractivity contribution is 0.0988. The van der Waals surface area contributed by atoms with E-state index in [9.17, 15) is 9.90 Å². The fourth-order valence-electron chi connectivity index (χ4n) is 1.66. The lowest BCUT2D eigenvalue weighted by atomic mass is 10.2. The predicted octanol–water partition coefficient (Wildman–Crippen LogP) is 1.52. The number of aromatic hydroxyl groups is 1. The molecule has 5 heteroatoms. The molecule has 1 aromatic heterocycles. The third-order valence-corrected chi connectivity index (χ3v) is 2.80. The molecule has 0 atom stereocenters. The number of nitrogens with zero attached hydrogens (tertiary/aromatic N) is 2. The van der Waals surface area contributed by atoms with E-state index in [-0.39, 0.29) is 11.7 Å². The Morgan fingerprint density at radius 3 is 2.74 bits per heavy atom. The quantitative estimate of drug-likeness (QED) is 0.873. The van der Waals surface area contributed by atoms with Crippen molar-refractivity contribution in [1.29, 1.82) is 0 Å². The zero-order valence-corrected chi connectivity index (χ0v) is 10.6. The van der Waals surface area contributed by atoms with E-state index >= 15 is 0 Å². The Bertz CT molecular complexity index is 581. The molecule has 2 rings (SSSR count). The first-order valence-electron chi connectivity index (χ1n) is 5.84. The van der Waals surface area contributed by atoms with Crippen molar-refractivity contribution in [2.24, 2.45) is 5.73 Å². The summed E-state index contributed by atoms with van der Waals surface area (Å²) >= 11 is 0. The summed E-state index contributed by atoms with van der Waals surface area (Å²) < 4.78 is 0. The number of carbonyl (C=O) groups excluding carboxylic acids is 1. The number of carbonyl (C=O) groups is 1. The fourth-order valence-corrected chi connectivity index (χ4v) is 1.66. The number of phenols is 1. The molecule has 1 aromatic carbocycles. The maximum Gasteiger partial charge on any atom is 0.276 e. The van der Waals surface area contributed by atoms with Crippen LogP contribution in [0.4, 0.5) is 5.69 Å². The van der Waals surface area contributed by atoms with Crippen LogP contribution in [0.15, 0.2) is 42.6 Å². The van der Waals surface area contributed by atoms with Crippen LogP contribution < -0.4 is 10.6 Å². The summed E-state index contributed by atoms with van der Waals surface area (Å²) in [5.74, 6) is -0.127. The average molecular weight is 257 g/mol. The molecule has 0 spiro atoms. The van der Waals surface area contributed by atoms with Crippen LogP contribution in [0, 0.1) is 0 Å². The van der Waals surface area contributed by atoms with Crippen LogP contribution in [-0.2, 0) is 6.54 Å². The zero-order chi connectivity index (χ0) is 13.8. The highest BCUT2D eigenvalue weighted by molar-refractivity contribution is 6.04. The number of hydrogen-bond donors (Lipinski definition) is 2. The van der Waals surface area contributed by atoms with Gasteiger partial charge in [-0.25, -0.2) is 0 Å². The van der Waals surface area contributed by atoms with Gasteiger partial charge >= 0.3 is 0 Å². The van der Waals surface area contributed by atoms with Gasteiger partial charge in [-0.15, -0.1) is 0 Å². The highest BCUT2D eigenvalue weighted by atomic mass is 16.3. The van der Waals surface area contributed by atoms with Gasteiger partial charge in [-0.1, -0.05) is 12.1 Å². The van der Waals surface area contributed by atoms with Crippen molar-refractivity contribution in [3.05, 3.63) is 53.9 Å². The van der Waals surface area contributed by atoms with E-state index in [1.165, 1.54) is 11.0 Å². The first-order valence-corrected chi connectivity index (χ1v) is 5.84. The van der Waals surface area contributed by atoms with E-state index in [0.717, 1.165) is 5.56 Å². The van der Waals surface area contributed by atoms with Crippen LogP contribution in [0.3, 0.4) is 0 Å². The molecule has 5 nitrogen and oxygen atoms in total. The molecule has 0 fully saturated rings. The zero-order valence-electron chi connectivity index (χ0n) is 10.6. The summed E-state index contributed by atoms with van der Waals surface area (Å²) in [6.45, 7) is 0.393. The minimum Gasteiger partial charge on any atom is -0.508 e. The molecule has 0 aliphatic rings. The van der Waals surface area contributed by atoms with Crippen molar-refractivity contribution < 1.29 is 9.90 Å². The van der Waals surface area contributed by atoms with Crippen molar-refractivity contribution in [1.82, 2.24) is 4.98 Å². The highest BCUT2D eigenvalue weighted by Crippen LogP contribution is 2.20. The lowest BCUT2D eigenvalue weighted by Gasteiger charge is -2.17. The number of hydrogen-bond acceptors (Lipinski definition) is 4. The van der Waals surface area contributed by atoms with E-state index in [2.05, 4.69) is 4.98 Å². The third kappa shape index (κ3) is 2.89. The molecule has 1 amide bonds. The number of pyridine rings is 1. The smallest absolute Gasteiger partial charge is 0.276 e. The van der Waals surface area contributed by atoms with Gasteiger partial charge in [-0.2, -0.15) is 0 Å². The maximum absolute atomic E-state index is 12.2. The fraction of sp³-hybridized carbons (Fsp3) is 0.143. The van der Waals surface area contributed by atoms with Crippen LogP contribution in [-0.4, -0.2) is 23.0 Å². The number of aromatic nitrogens is 1. The normalized spacial score (nSPS) is 10.2. The Hall–Kier alpha value is -2.40. The number of anilines is 1. The van der Waals surface area contributed by atoms with Crippen molar-refractivity contribution in [3.63, 3.8) is 0 Å². The van der Waals surface area contributed by atoms with Crippen molar-refractivity contribution in [3.8, 4) is 5.75 Å². The molecule has 0 saturated carbocycles. The molecule has 2 aromatic rings. The third-order valence-electron chi connectivity index (χ3n) is 2.80. The molecule has 0 aliphatic carbocycles. The monoisotopic (exact) mass is 257 g/mol. The Morgan fingerprint density at radius 2 is 2.16 bits per heavy atom. The van der Waals surface area contributed by atoms with Crippen molar-refractivity contribution >= 4 is 11.6 Å². The van der Waals surface area contributed by atoms with Gasteiger partial charge in [0.2, 0.25) is 0 Å². The van der Waals surface area contributed by atoms with Crippen LogP contribution in [0.5, 0.6) is 5.75 Å². The molecule has 0 aliphatic heterocycles. The molecule has 0 radical (unpaired) electrons. The van der Waals surface area contributed by atoms with Gasteiger partial charge in [0.25, 0.3) is 5.91 Å². The molecule has 0 bridgehead atoms. The van der Waals surface area contributed by atoms with Crippen molar-refractivity contribution in [2.45, 2.75) is 6.54 Å². The minimum atomic E-state index is -0.242. The molecule has 1 heterocycles. The first-order chi connectivity index (χ1) is 9.11. The van der Waals surface area contributed by atoms with Gasteiger partial charge < -0.3 is 15.7 Å².